The summed E-state index contributed by atoms with van der Waals surface area (Å²) in [6, 6.07) is 5.49. The first-order valence-electron chi connectivity index (χ1n) is 5.91. The highest BCUT2D eigenvalue weighted by molar-refractivity contribution is 9.10. The van der Waals surface area contributed by atoms with Gasteiger partial charge in [0.2, 0.25) is 0 Å². The van der Waals surface area contributed by atoms with Gasteiger partial charge in [-0.25, -0.2) is 4.79 Å². The number of carboxylic acids is 1. The summed E-state index contributed by atoms with van der Waals surface area (Å²) in [5.74, 6) is -0.888. The monoisotopic (exact) mass is 297 g/mol. The minimum Gasteiger partial charge on any atom is -0.478 e. The second-order valence-corrected chi connectivity index (χ2v) is 5.31. The van der Waals surface area contributed by atoms with Crippen LogP contribution >= 0.6 is 15.9 Å². The number of hydrogen-bond donors (Lipinski definition) is 1. The third-order valence-corrected chi connectivity index (χ3v) is 3.77. The second kappa shape index (κ2) is 5.65. The molecule has 1 fully saturated rings. The number of hydrogen-bond acceptors (Lipinski definition) is 2. The lowest BCUT2D eigenvalue weighted by molar-refractivity contribution is 0.0696. The fourth-order valence-electron chi connectivity index (χ4n) is 2.21. The highest BCUT2D eigenvalue weighted by Crippen LogP contribution is 2.20. The first-order valence-corrected chi connectivity index (χ1v) is 6.70. The molecule has 1 heterocycles. The van der Waals surface area contributed by atoms with Gasteiger partial charge in [-0.2, -0.15) is 0 Å². The van der Waals surface area contributed by atoms with Crippen LogP contribution in [0.4, 0.5) is 0 Å². The third kappa shape index (κ3) is 3.30. The molecule has 0 bridgehead atoms. The number of carbonyl (C=O) groups is 1. The van der Waals surface area contributed by atoms with Gasteiger partial charge in [-0.3, -0.25) is 4.90 Å². The van der Waals surface area contributed by atoms with Gasteiger partial charge < -0.3 is 5.11 Å². The average molecular weight is 298 g/mol. The van der Waals surface area contributed by atoms with Crippen molar-refractivity contribution in [1.82, 2.24) is 4.90 Å². The van der Waals surface area contributed by atoms with Crippen LogP contribution in [0, 0.1) is 0 Å². The van der Waals surface area contributed by atoms with Crippen molar-refractivity contribution in [2.45, 2.75) is 25.8 Å². The zero-order valence-electron chi connectivity index (χ0n) is 9.66. The number of carboxylic acid groups (broad SMARTS) is 1. The average Bonchev–Trinajstić information content (AvgIpc) is 2.30. The van der Waals surface area contributed by atoms with Gasteiger partial charge in [0.05, 0.1) is 5.56 Å². The number of piperidine rings is 1. The van der Waals surface area contributed by atoms with Gasteiger partial charge in [0.25, 0.3) is 0 Å². The van der Waals surface area contributed by atoms with E-state index in [0.29, 0.717) is 10.0 Å². The van der Waals surface area contributed by atoms with E-state index in [1.54, 1.807) is 6.07 Å². The Morgan fingerprint density at radius 3 is 2.59 bits per heavy atom. The molecule has 17 heavy (non-hydrogen) atoms. The minimum absolute atomic E-state index is 0.326. The molecule has 1 aliphatic rings. The van der Waals surface area contributed by atoms with Crippen molar-refractivity contribution in [2.75, 3.05) is 13.1 Å². The molecule has 0 amide bonds. The molecule has 2 rings (SSSR count). The number of nitrogens with zero attached hydrogens (tertiary/aromatic N) is 1. The predicted molar refractivity (Wildman–Crippen MR) is 70.2 cm³/mol. The molecule has 1 saturated heterocycles. The van der Waals surface area contributed by atoms with Gasteiger partial charge in [-0.05, 0) is 59.6 Å². The van der Waals surface area contributed by atoms with Crippen molar-refractivity contribution in [2.24, 2.45) is 0 Å². The molecule has 1 aromatic carbocycles. The summed E-state index contributed by atoms with van der Waals surface area (Å²) in [6.07, 6.45) is 3.88. The summed E-state index contributed by atoms with van der Waals surface area (Å²) >= 11 is 3.31. The molecule has 0 unspecified atom stereocenters. The second-order valence-electron chi connectivity index (χ2n) is 4.46. The maximum absolute atomic E-state index is 10.9. The van der Waals surface area contributed by atoms with Crippen molar-refractivity contribution in [3.05, 3.63) is 33.8 Å². The number of benzene rings is 1. The predicted octanol–water partition coefficient (Wildman–Crippen LogP) is 3.13. The van der Waals surface area contributed by atoms with Crippen LogP contribution < -0.4 is 0 Å². The molecule has 1 aliphatic heterocycles. The summed E-state index contributed by atoms with van der Waals surface area (Å²) in [5, 5.41) is 8.94. The summed E-state index contributed by atoms with van der Waals surface area (Å²) in [6.45, 7) is 3.22. The molecule has 0 aromatic heterocycles. The molecular formula is C13H16BrNO2. The summed E-state index contributed by atoms with van der Waals surface area (Å²) in [4.78, 5) is 13.3. The first-order chi connectivity index (χ1) is 8.16. The Labute approximate surface area is 110 Å². The van der Waals surface area contributed by atoms with Crippen molar-refractivity contribution in [3.8, 4) is 0 Å². The van der Waals surface area contributed by atoms with Crippen LogP contribution in [0.3, 0.4) is 0 Å². The van der Waals surface area contributed by atoms with E-state index in [1.807, 2.05) is 12.1 Å². The Morgan fingerprint density at radius 1 is 1.29 bits per heavy atom. The molecular weight excluding hydrogens is 282 g/mol. The van der Waals surface area contributed by atoms with Crippen LogP contribution in [-0.2, 0) is 6.54 Å². The molecule has 0 radical (unpaired) electrons. The van der Waals surface area contributed by atoms with Crippen molar-refractivity contribution in [1.29, 1.82) is 0 Å². The molecule has 1 aromatic rings. The van der Waals surface area contributed by atoms with Gasteiger partial charge >= 0.3 is 5.97 Å². The van der Waals surface area contributed by atoms with E-state index in [-0.39, 0.29) is 0 Å². The Balaban J connectivity index is 2.06. The lowest BCUT2D eigenvalue weighted by Crippen LogP contribution is -2.29. The first kappa shape index (κ1) is 12.6. The molecule has 3 nitrogen and oxygen atoms in total. The van der Waals surface area contributed by atoms with Crippen molar-refractivity contribution >= 4 is 21.9 Å². The summed E-state index contributed by atoms with van der Waals surface area (Å²) in [7, 11) is 0. The van der Waals surface area contributed by atoms with Crippen molar-refractivity contribution < 1.29 is 9.90 Å². The maximum Gasteiger partial charge on any atom is 0.336 e. The van der Waals surface area contributed by atoms with Crippen LogP contribution in [0.15, 0.2) is 22.7 Å². The van der Waals surface area contributed by atoms with Gasteiger partial charge in [0.1, 0.15) is 0 Å². The summed E-state index contributed by atoms with van der Waals surface area (Å²) < 4.78 is 0.666. The molecule has 4 heteroatoms. The van der Waals surface area contributed by atoms with Crippen molar-refractivity contribution in [3.63, 3.8) is 0 Å². The SMILES string of the molecule is O=C(O)c1ccc(CN2CCCCC2)cc1Br. The lowest BCUT2D eigenvalue weighted by Gasteiger charge is -2.26. The van der Waals surface area contributed by atoms with Gasteiger partial charge in [0, 0.05) is 11.0 Å². The normalized spacial score (nSPS) is 17.0. The molecule has 0 aliphatic carbocycles. The van der Waals surface area contributed by atoms with E-state index in [9.17, 15) is 4.79 Å². The number of rotatable bonds is 3. The quantitative estimate of drug-likeness (QED) is 0.932. The zero-order chi connectivity index (χ0) is 12.3. The Hall–Kier alpha value is -0.870. The minimum atomic E-state index is -0.888. The van der Waals surface area contributed by atoms with Crippen LogP contribution in [0.1, 0.15) is 35.2 Å². The maximum atomic E-state index is 10.9. The van der Waals surface area contributed by atoms with Crippen LogP contribution in [0.25, 0.3) is 0 Å². The fraction of sp³-hybridized carbons (Fsp3) is 0.462. The standard InChI is InChI=1S/C13H16BrNO2/c14-12-8-10(4-5-11(12)13(16)17)9-15-6-2-1-3-7-15/h4-5,8H,1-3,6-7,9H2,(H,16,17). The van der Waals surface area contributed by atoms with Crippen LogP contribution in [0.5, 0.6) is 0 Å². The van der Waals surface area contributed by atoms with Crippen LogP contribution in [0.2, 0.25) is 0 Å². The molecule has 92 valence electrons. The van der Waals surface area contributed by atoms with E-state index < -0.39 is 5.97 Å². The molecule has 0 spiro atoms. The fourth-order valence-corrected chi connectivity index (χ4v) is 2.80. The largest absolute Gasteiger partial charge is 0.478 e. The Kier molecular flexibility index (Phi) is 4.18. The van der Waals surface area contributed by atoms with E-state index in [2.05, 4.69) is 20.8 Å². The van der Waals surface area contributed by atoms with E-state index in [0.717, 1.165) is 19.6 Å². The van der Waals surface area contributed by atoms with E-state index in [4.69, 9.17) is 5.11 Å². The highest BCUT2D eigenvalue weighted by Gasteiger charge is 2.12. The van der Waals surface area contributed by atoms with Gasteiger partial charge in [-0.1, -0.05) is 12.5 Å². The lowest BCUT2D eigenvalue weighted by atomic mass is 10.1. The third-order valence-electron chi connectivity index (χ3n) is 3.12. The smallest absolute Gasteiger partial charge is 0.336 e. The highest BCUT2D eigenvalue weighted by atomic mass is 79.9. The Morgan fingerprint density at radius 2 is 2.00 bits per heavy atom. The zero-order valence-corrected chi connectivity index (χ0v) is 11.2. The Bertz CT molecular complexity index is 414. The van der Waals surface area contributed by atoms with Gasteiger partial charge in [-0.15, -0.1) is 0 Å². The van der Waals surface area contributed by atoms with E-state index in [1.165, 1.54) is 24.8 Å². The van der Waals surface area contributed by atoms with Gasteiger partial charge in [0.15, 0.2) is 0 Å². The number of halogens is 1. The van der Waals surface area contributed by atoms with E-state index >= 15 is 0 Å². The number of likely N-dealkylation sites (tertiary alicyclic amines) is 1. The molecule has 0 saturated carbocycles. The topological polar surface area (TPSA) is 40.5 Å². The summed E-state index contributed by atoms with van der Waals surface area (Å²) in [5.41, 5.74) is 1.50. The molecule has 1 N–H and O–H groups in total. The van der Waals surface area contributed by atoms with Crippen LogP contribution in [-0.4, -0.2) is 29.1 Å². The number of aromatic carboxylic acids is 1. The molecule has 0 atom stereocenters.